The predicted molar refractivity (Wildman–Crippen MR) is 276 cm³/mol. The number of ether oxygens (including phenoxy) is 4. The van der Waals surface area contributed by atoms with Crippen molar-refractivity contribution in [3.8, 4) is 0 Å². The molecule has 5 heterocycles. The molecule has 2 spiro atoms. The lowest BCUT2D eigenvalue weighted by atomic mass is 9.43. The van der Waals surface area contributed by atoms with Crippen molar-refractivity contribution < 1.29 is 28.5 Å². The normalized spacial score (nSPS) is 53.1. The number of aliphatic hydroxyl groups excluding tert-OH is 1. The molecule has 0 unspecified atom stereocenters. The lowest BCUT2D eigenvalue weighted by Crippen LogP contribution is -2.60. The number of rotatable bonds is 3. The van der Waals surface area contributed by atoms with Crippen molar-refractivity contribution in [2.75, 3.05) is 19.8 Å². The van der Waals surface area contributed by atoms with E-state index < -0.39 is 19.9 Å². The Morgan fingerprint density at radius 2 is 1.13 bits per heavy atom. The van der Waals surface area contributed by atoms with Crippen LogP contribution in [0.4, 0.5) is 0 Å². The summed E-state index contributed by atoms with van der Waals surface area (Å²) in [5, 5.41) is 11.5. The van der Waals surface area contributed by atoms with Crippen LogP contribution in [-0.4, -0.2) is 73.1 Å². The fourth-order valence-corrected chi connectivity index (χ4v) is 21.6. The lowest BCUT2D eigenvalue weighted by molar-refractivity contribution is -0.265. The van der Waals surface area contributed by atoms with E-state index in [-0.39, 0.29) is 57.5 Å². The summed E-state index contributed by atoms with van der Waals surface area (Å²) in [6, 6.07) is 0. The van der Waals surface area contributed by atoms with Crippen molar-refractivity contribution in [1.82, 2.24) is 9.97 Å². The molecule has 0 bridgehead atoms. The summed E-state index contributed by atoms with van der Waals surface area (Å²) in [5.41, 5.74) is 8.65. The number of hydrogen-bond donors (Lipinski definition) is 1. The molecule has 9 heteroatoms. The molecule has 1 N–H and O–H groups in total. The van der Waals surface area contributed by atoms with Gasteiger partial charge in [0.05, 0.1) is 54.3 Å². The molecule has 4 saturated carbocycles. The fraction of sp³-hybridized carbons (Fsp3) is 0.869. The van der Waals surface area contributed by atoms with E-state index in [2.05, 4.69) is 101 Å². The van der Waals surface area contributed by atoms with Crippen LogP contribution in [-0.2, 0) is 49.1 Å². The predicted octanol–water partition coefficient (Wildman–Crippen LogP) is 12.3. The van der Waals surface area contributed by atoms with Crippen molar-refractivity contribution in [2.24, 2.45) is 98.6 Å². The molecule has 0 aromatic carbocycles. The summed E-state index contributed by atoms with van der Waals surface area (Å²) >= 11 is 0. The first-order valence-corrected chi connectivity index (χ1v) is 32.1. The second kappa shape index (κ2) is 15.6. The van der Waals surface area contributed by atoms with Gasteiger partial charge < -0.3 is 28.5 Å². The van der Waals surface area contributed by atoms with Crippen molar-refractivity contribution in [3.63, 3.8) is 0 Å². The lowest BCUT2D eigenvalue weighted by Gasteiger charge is -2.62. The van der Waals surface area contributed by atoms with Crippen LogP contribution in [0.25, 0.3) is 0 Å². The van der Waals surface area contributed by atoms with Crippen LogP contribution in [0.5, 0.6) is 0 Å². The van der Waals surface area contributed by atoms with Crippen LogP contribution < -0.4 is 0 Å². The van der Waals surface area contributed by atoms with Crippen LogP contribution >= 0.6 is 0 Å². The van der Waals surface area contributed by atoms with Gasteiger partial charge in [0.2, 0.25) is 0 Å². The van der Waals surface area contributed by atoms with Gasteiger partial charge in [-0.25, -0.2) is 0 Å². The Kier molecular flexibility index (Phi) is 10.7. The maximum atomic E-state index is 11.4. The highest BCUT2D eigenvalue weighted by molar-refractivity contribution is 6.74. The third-order valence-corrected chi connectivity index (χ3v) is 30.0. The molecule has 4 aliphatic heterocycles. The molecule has 12 aliphatic rings. The maximum absolute atomic E-state index is 11.4. The van der Waals surface area contributed by atoms with E-state index >= 15 is 0 Å². The van der Waals surface area contributed by atoms with Crippen molar-refractivity contribution >= 4 is 8.32 Å². The Balaban J connectivity index is 0.792. The number of nitrogens with zero attached hydrogens (tertiary/aromatic N) is 2. The van der Waals surface area contributed by atoms with Crippen molar-refractivity contribution in [3.05, 3.63) is 46.1 Å². The van der Waals surface area contributed by atoms with Gasteiger partial charge in [-0.1, -0.05) is 99.5 Å². The minimum absolute atomic E-state index is 0.0604. The first kappa shape index (κ1) is 48.2. The first-order chi connectivity index (χ1) is 33.0. The molecule has 1 aromatic rings. The summed E-state index contributed by atoms with van der Waals surface area (Å²) in [6.07, 6.45) is 21.3. The Labute approximate surface area is 423 Å². The van der Waals surface area contributed by atoms with Gasteiger partial charge in [0, 0.05) is 48.5 Å². The number of aromatic nitrogens is 2. The molecule has 22 atom stereocenters. The number of hydrogen-bond acceptors (Lipinski definition) is 8. The second-order valence-electron chi connectivity index (χ2n) is 29.6. The van der Waals surface area contributed by atoms with Crippen LogP contribution in [0.1, 0.15) is 163 Å². The number of fused-ring (bicyclic) bond motifs is 16. The van der Waals surface area contributed by atoms with Gasteiger partial charge in [0.1, 0.15) is 0 Å². The highest BCUT2D eigenvalue weighted by atomic mass is 28.4. The van der Waals surface area contributed by atoms with E-state index in [0.29, 0.717) is 71.0 Å². The molecule has 70 heavy (non-hydrogen) atoms. The summed E-state index contributed by atoms with van der Waals surface area (Å²) in [4.78, 5) is 11.6. The molecule has 0 radical (unpaired) electrons. The van der Waals surface area contributed by atoms with Gasteiger partial charge in [0.15, 0.2) is 19.9 Å². The molecule has 8 aliphatic carbocycles. The van der Waals surface area contributed by atoms with E-state index in [4.69, 9.17) is 33.3 Å². The van der Waals surface area contributed by atoms with Gasteiger partial charge in [0.25, 0.3) is 0 Å². The monoisotopic (exact) mass is 977 g/mol. The van der Waals surface area contributed by atoms with Crippen LogP contribution in [0.2, 0.25) is 18.1 Å². The SMILES string of the molecule is C[C@@H]1CC[C@@]2(OC1)O[C@H]1C=C3[C@@H]4CC[C@H]5Cc6nc7c(nc6C[C@]5(C)[C@H]4C[C@@H](O[Si](C)(C)C(C)(C)C)[C@]3(C)[C@H]1[C@@H]2C)C[C@@H]1CC[C@H]2C3=C[C@@H]4O[C@]5(CC[C@@H](C)CO5)[C@@H](C)[C@@H]4[C@@]3(C)[C@H](CO)C[C@@H]2[C@@]1(C)C7. The maximum Gasteiger partial charge on any atom is 0.192 e. The van der Waals surface area contributed by atoms with Crippen LogP contribution in [0.15, 0.2) is 23.3 Å². The molecular weight excluding hydrogens is 885 g/mol. The molecule has 0 amide bonds. The summed E-state index contributed by atoms with van der Waals surface area (Å²) < 4.78 is 35.6. The standard InChI is InChI=1S/C61H92N2O6Si/c1-33-18-20-60(65-31-33)35(3)53-50(67-60)25-44-40-16-14-37-23-46-48(28-56(37,8)42(40)22-39(30-64)58(44,53)10)62-47-24-38-15-17-41-43(57(38,9)29-49(47)63-46)27-52(69-70(12,13)55(5,6)7)59(11)45(41)26-51-54(59)36(4)61(68-51)21-19-34(2)32-66-61/h25-26,33-43,50-54,64H,14-24,27-32H2,1-13H3/t33-,34-,35+,36+,37+,38+,39+,40-,41-,42+,43+,50+,51+,52-,53+,54+,56+,57+,58+,59-,60-,61-/m1/s1. The Hall–Kier alpha value is -1.46. The minimum atomic E-state index is -2.13. The number of allylic oxidation sites excluding steroid dienone is 1. The topological polar surface area (TPSA) is 92.2 Å². The first-order valence-electron chi connectivity index (χ1n) is 29.2. The Morgan fingerprint density at radius 1 is 0.657 bits per heavy atom. The Morgan fingerprint density at radius 3 is 1.59 bits per heavy atom. The summed E-state index contributed by atoms with van der Waals surface area (Å²) in [5.74, 6) is 5.17. The number of aliphatic hydroxyl groups is 1. The summed E-state index contributed by atoms with van der Waals surface area (Å²) in [7, 11) is -2.13. The van der Waals surface area contributed by atoms with Crippen molar-refractivity contribution in [2.45, 2.75) is 214 Å². The zero-order chi connectivity index (χ0) is 49.1. The third-order valence-electron chi connectivity index (χ3n) is 25.5. The quantitative estimate of drug-likeness (QED) is 0.237. The van der Waals surface area contributed by atoms with Crippen molar-refractivity contribution in [1.29, 1.82) is 0 Å². The molecule has 13 rings (SSSR count). The molecular formula is C61H92N2O6Si. The summed E-state index contributed by atoms with van der Waals surface area (Å²) in [6.45, 7) is 34.0. The fourth-order valence-electron chi connectivity index (χ4n) is 20.2. The van der Waals surface area contributed by atoms with E-state index in [1.807, 2.05) is 0 Å². The highest BCUT2D eigenvalue weighted by Gasteiger charge is 2.71. The molecule has 386 valence electrons. The van der Waals surface area contributed by atoms with E-state index in [9.17, 15) is 5.11 Å². The van der Waals surface area contributed by atoms with Gasteiger partial charge in [-0.15, -0.1) is 0 Å². The third kappa shape index (κ3) is 6.33. The van der Waals surface area contributed by atoms with E-state index in [0.717, 1.165) is 71.0 Å². The van der Waals surface area contributed by atoms with Crippen LogP contribution in [0.3, 0.4) is 0 Å². The van der Waals surface area contributed by atoms with Gasteiger partial charge in [-0.3, -0.25) is 9.97 Å². The minimum Gasteiger partial charge on any atom is -0.413 e. The average Bonchev–Trinajstić information content (AvgIpc) is 3.96. The van der Waals surface area contributed by atoms with Gasteiger partial charge in [-0.05, 0) is 165 Å². The van der Waals surface area contributed by atoms with Gasteiger partial charge >= 0.3 is 0 Å². The van der Waals surface area contributed by atoms with E-state index in [1.165, 1.54) is 54.9 Å². The van der Waals surface area contributed by atoms with Crippen LogP contribution in [0, 0.1) is 98.6 Å². The molecule has 8 fully saturated rings. The zero-order valence-corrected chi connectivity index (χ0v) is 46.8. The molecule has 4 saturated heterocycles. The van der Waals surface area contributed by atoms with Gasteiger partial charge in [-0.2, -0.15) is 0 Å². The smallest absolute Gasteiger partial charge is 0.192 e. The largest absolute Gasteiger partial charge is 0.413 e. The molecule has 1 aromatic heterocycles. The Bertz CT molecular complexity index is 2360. The average molecular weight is 978 g/mol. The zero-order valence-electron chi connectivity index (χ0n) is 45.8. The second-order valence-corrected chi connectivity index (χ2v) is 34.4. The molecule has 8 nitrogen and oxygen atoms in total. The van der Waals surface area contributed by atoms with E-state index in [1.54, 1.807) is 11.1 Å². The highest BCUT2D eigenvalue weighted by Crippen LogP contribution is 2.73.